The van der Waals surface area contributed by atoms with E-state index in [1.165, 1.54) is 11.1 Å². The molecule has 0 aliphatic carbocycles. The van der Waals surface area contributed by atoms with Gasteiger partial charge in [-0.2, -0.15) is 0 Å². The molecular formula is C13H18O2. The van der Waals surface area contributed by atoms with Crippen LogP contribution in [0, 0.1) is 13.8 Å². The van der Waals surface area contributed by atoms with Gasteiger partial charge in [-0.3, -0.25) is 4.79 Å². The maximum atomic E-state index is 11.5. The third-order valence-corrected chi connectivity index (χ3v) is 2.42. The van der Waals surface area contributed by atoms with Crippen molar-refractivity contribution in [2.45, 2.75) is 40.2 Å². The molecule has 0 N–H and O–H groups in total. The monoisotopic (exact) mass is 206 g/mol. The summed E-state index contributed by atoms with van der Waals surface area (Å²) in [4.78, 5) is 11.5. The van der Waals surface area contributed by atoms with Gasteiger partial charge in [-0.25, -0.2) is 0 Å². The van der Waals surface area contributed by atoms with Crippen molar-refractivity contribution in [1.82, 2.24) is 0 Å². The summed E-state index contributed by atoms with van der Waals surface area (Å²) in [5.74, 6) is -0.154. The summed E-state index contributed by atoms with van der Waals surface area (Å²) in [5, 5.41) is 0. The van der Waals surface area contributed by atoms with Crippen LogP contribution in [0.1, 0.15) is 30.5 Å². The number of esters is 1. The first-order chi connectivity index (χ1) is 7.00. The number of benzene rings is 1. The second-order valence-corrected chi connectivity index (χ2v) is 4.07. The number of hydrogen-bond acceptors (Lipinski definition) is 2. The fourth-order valence-electron chi connectivity index (χ4n) is 1.46. The van der Waals surface area contributed by atoms with E-state index in [0.29, 0.717) is 6.42 Å². The quantitative estimate of drug-likeness (QED) is 0.711. The lowest BCUT2D eigenvalue weighted by atomic mass is 10.0. The Morgan fingerprint density at radius 2 is 2.00 bits per heavy atom. The number of carbonyl (C=O) groups is 1. The van der Waals surface area contributed by atoms with E-state index < -0.39 is 0 Å². The average molecular weight is 206 g/mol. The highest BCUT2D eigenvalue weighted by Gasteiger charge is 2.09. The summed E-state index contributed by atoms with van der Waals surface area (Å²) >= 11 is 0. The largest absolute Gasteiger partial charge is 0.463 e. The maximum Gasteiger partial charge on any atom is 0.310 e. The molecule has 0 aromatic heterocycles. The molecule has 0 fully saturated rings. The molecule has 1 aromatic carbocycles. The lowest BCUT2D eigenvalue weighted by molar-refractivity contribution is -0.146. The molecule has 0 unspecified atom stereocenters. The minimum absolute atomic E-state index is 0.0392. The van der Waals surface area contributed by atoms with Gasteiger partial charge in [0.05, 0.1) is 12.5 Å². The third kappa shape index (κ3) is 3.39. The molecule has 1 rings (SSSR count). The fraction of sp³-hybridized carbons (Fsp3) is 0.462. The van der Waals surface area contributed by atoms with Gasteiger partial charge in [0.25, 0.3) is 0 Å². The van der Waals surface area contributed by atoms with E-state index >= 15 is 0 Å². The van der Waals surface area contributed by atoms with Crippen molar-refractivity contribution in [3.63, 3.8) is 0 Å². The smallest absolute Gasteiger partial charge is 0.310 e. The molecule has 0 saturated carbocycles. The first-order valence-corrected chi connectivity index (χ1v) is 5.25. The summed E-state index contributed by atoms with van der Waals surface area (Å²) < 4.78 is 5.11. The first-order valence-electron chi connectivity index (χ1n) is 5.25. The number of ether oxygens (including phenoxy) is 1. The summed E-state index contributed by atoms with van der Waals surface area (Å²) in [5.41, 5.74) is 3.45. The number of rotatable bonds is 3. The van der Waals surface area contributed by atoms with Crippen LogP contribution >= 0.6 is 0 Å². The molecule has 0 amide bonds. The van der Waals surface area contributed by atoms with Crippen molar-refractivity contribution in [3.8, 4) is 0 Å². The average Bonchev–Trinajstić information content (AvgIpc) is 2.11. The maximum absolute atomic E-state index is 11.5. The second kappa shape index (κ2) is 4.96. The van der Waals surface area contributed by atoms with E-state index in [-0.39, 0.29) is 12.1 Å². The van der Waals surface area contributed by atoms with Gasteiger partial charge in [-0.05, 0) is 44.4 Å². The van der Waals surface area contributed by atoms with E-state index in [4.69, 9.17) is 4.74 Å². The van der Waals surface area contributed by atoms with Gasteiger partial charge in [0, 0.05) is 0 Å². The summed E-state index contributed by atoms with van der Waals surface area (Å²) in [6, 6.07) is 6.00. The van der Waals surface area contributed by atoms with Gasteiger partial charge >= 0.3 is 5.97 Å². The minimum Gasteiger partial charge on any atom is -0.463 e. The zero-order valence-electron chi connectivity index (χ0n) is 9.83. The van der Waals surface area contributed by atoms with Crippen LogP contribution in [0.15, 0.2) is 18.2 Å². The molecular weight excluding hydrogens is 188 g/mol. The molecule has 0 heterocycles. The normalized spacial score (nSPS) is 10.5. The molecule has 2 nitrogen and oxygen atoms in total. The molecule has 0 radical (unpaired) electrons. The molecule has 0 spiro atoms. The predicted octanol–water partition coefficient (Wildman–Crippen LogP) is 2.80. The Labute approximate surface area is 91.3 Å². The zero-order chi connectivity index (χ0) is 11.4. The van der Waals surface area contributed by atoms with Crippen LogP contribution in [-0.4, -0.2) is 12.1 Å². The summed E-state index contributed by atoms with van der Waals surface area (Å²) in [6.45, 7) is 7.81. The van der Waals surface area contributed by atoms with E-state index in [9.17, 15) is 4.79 Å². The molecule has 1 aromatic rings. The molecule has 0 aliphatic rings. The van der Waals surface area contributed by atoms with Crippen molar-refractivity contribution >= 4 is 5.97 Å². The molecule has 0 saturated heterocycles. The Hall–Kier alpha value is -1.31. The summed E-state index contributed by atoms with van der Waals surface area (Å²) in [7, 11) is 0. The Morgan fingerprint density at radius 1 is 1.33 bits per heavy atom. The second-order valence-electron chi connectivity index (χ2n) is 4.07. The van der Waals surface area contributed by atoms with Crippen LogP contribution in [0.2, 0.25) is 0 Å². The Balaban J connectivity index is 2.73. The lowest BCUT2D eigenvalue weighted by Crippen LogP contribution is -2.14. The first kappa shape index (κ1) is 11.8. The topological polar surface area (TPSA) is 26.3 Å². The van der Waals surface area contributed by atoms with Gasteiger partial charge < -0.3 is 4.74 Å². The van der Waals surface area contributed by atoms with Gasteiger partial charge in [-0.1, -0.05) is 18.2 Å². The molecule has 15 heavy (non-hydrogen) atoms. The van der Waals surface area contributed by atoms with Crippen molar-refractivity contribution in [2.24, 2.45) is 0 Å². The van der Waals surface area contributed by atoms with Crippen LogP contribution in [0.3, 0.4) is 0 Å². The van der Waals surface area contributed by atoms with Crippen LogP contribution < -0.4 is 0 Å². The van der Waals surface area contributed by atoms with E-state index in [2.05, 4.69) is 0 Å². The standard InChI is InChI=1S/C13H18O2/c1-9(2)15-13(14)8-12-7-5-6-10(3)11(12)4/h5-7,9H,8H2,1-4H3. The Kier molecular flexibility index (Phi) is 3.89. The highest BCUT2D eigenvalue weighted by molar-refractivity contribution is 5.73. The van der Waals surface area contributed by atoms with E-state index in [0.717, 1.165) is 5.56 Å². The molecule has 0 atom stereocenters. The molecule has 82 valence electrons. The van der Waals surface area contributed by atoms with Crippen LogP contribution in [0.4, 0.5) is 0 Å². The van der Waals surface area contributed by atoms with E-state index in [1.54, 1.807) is 0 Å². The van der Waals surface area contributed by atoms with Crippen molar-refractivity contribution < 1.29 is 9.53 Å². The highest BCUT2D eigenvalue weighted by Crippen LogP contribution is 2.13. The number of hydrogen-bond donors (Lipinski definition) is 0. The molecule has 2 heteroatoms. The Bertz CT molecular complexity index is 354. The van der Waals surface area contributed by atoms with Gasteiger partial charge in [0.1, 0.15) is 0 Å². The SMILES string of the molecule is Cc1cccc(CC(=O)OC(C)C)c1C. The zero-order valence-corrected chi connectivity index (χ0v) is 9.83. The third-order valence-electron chi connectivity index (χ3n) is 2.42. The van der Waals surface area contributed by atoms with Crippen molar-refractivity contribution in [2.75, 3.05) is 0 Å². The van der Waals surface area contributed by atoms with Crippen LogP contribution in [0.25, 0.3) is 0 Å². The lowest BCUT2D eigenvalue weighted by Gasteiger charge is -2.10. The highest BCUT2D eigenvalue weighted by atomic mass is 16.5. The van der Waals surface area contributed by atoms with Crippen molar-refractivity contribution in [1.29, 1.82) is 0 Å². The minimum atomic E-state index is -0.154. The van der Waals surface area contributed by atoms with Crippen LogP contribution in [0.5, 0.6) is 0 Å². The predicted molar refractivity (Wildman–Crippen MR) is 60.8 cm³/mol. The number of aryl methyl sites for hydroxylation is 1. The van der Waals surface area contributed by atoms with E-state index in [1.807, 2.05) is 45.9 Å². The fourth-order valence-corrected chi connectivity index (χ4v) is 1.46. The van der Waals surface area contributed by atoms with Crippen LogP contribution in [-0.2, 0) is 16.0 Å². The molecule has 0 bridgehead atoms. The summed E-state index contributed by atoms with van der Waals surface area (Å²) in [6.07, 6.45) is 0.328. The van der Waals surface area contributed by atoms with Gasteiger partial charge in [0.15, 0.2) is 0 Å². The van der Waals surface area contributed by atoms with Gasteiger partial charge in [0.2, 0.25) is 0 Å². The Morgan fingerprint density at radius 3 is 2.60 bits per heavy atom. The van der Waals surface area contributed by atoms with Gasteiger partial charge in [-0.15, -0.1) is 0 Å². The molecule has 0 aliphatic heterocycles. The number of carbonyl (C=O) groups excluding carboxylic acids is 1. The van der Waals surface area contributed by atoms with Crippen molar-refractivity contribution in [3.05, 3.63) is 34.9 Å².